The third-order valence-electron chi connectivity index (χ3n) is 5.29. The van der Waals surface area contributed by atoms with Crippen molar-refractivity contribution in [3.05, 3.63) is 33.9 Å². The Morgan fingerprint density at radius 3 is 2.38 bits per heavy atom. The Hall–Kier alpha value is -2.57. The van der Waals surface area contributed by atoms with Gasteiger partial charge in [-0.3, -0.25) is 14.9 Å². The lowest BCUT2D eigenvalue weighted by Gasteiger charge is -2.34. The second-order valence-corrected chi connectivity index (χ2v) is 7.12. The van der Waals surface area contributed by atoms with E-state index < -0.39 is 4.92 Å². The van der Waals surface area contributed by atoms with E-state index >= 15 is 0 Å². The van der Waals surface area contributed by atoms with Crippen LogP contribution in [0.15, 0.2) is 18.2 Å². The van der Waals surface area contributed by atoms with Gasteiger partial charge < -0.3 is 14.4 Å². The first-order valence-corrected chi connectivity index (χ1v) is 9.22. The zero-order chi connectivity index (χ0) is 18.1. The van der Waals surface area contributed by atoms with Gasteiger partial charge in [0.05, 0.1) is 16.6 Å². The number of nitro groups is 1. The molecule has 0 radical (unpaired) electrons. The van der Waals surface area contributed by atoms with Crippen molar-refractivity contribution in [2.45, 2.75) is 57.0 Å². The summed E-state index contributed by atoms with van der Waals surface area (Å²) >= 11 is 0. The molecule has 0 unspecified atom stereocenters. The third kappa shape index (κ3) is 3.38. The molecule has 1 amide bonds. The molecule has 0 N–H and O–H groups in total. The van der Waals surface area contributed by atoms with Crippen LogP contribution in [0.5, 0.6) is 11.5 Å². The average molecular weight is 358 g/mol. The summed E-state index contributed by atoms with van der Waals surface area (Å²) in [5, 5.41) is 11.3. The Morgan fingerprint density at radius 1 is 1.08 bits per heavy atom. The van der Waals surface area contributed by atoms with Crippen LogP contribution in [0.3, 0.4) is 0 Å². The lowest BCUT2D eigenvalue weighted by molar-refractivity contribution is -0.385. The monoisotopic (exact) mass is 358 g/mol. The fourth-order valence-electron chi connectivity index (χ4n) is 3.86. The van der Waals surface area contributed by atoms with E-state index in [4.69, 9.17) is 9.47 Å². The summed E-state index contributed by atoms with van der Waals surface area (Å²) in [6.45, 7) is 0.0513. The summed E-state index contributed by atoms with van der Waals surface area (Å²) in [6, 6.07) is 3.56. The number of hydrogen-bond donors (Lipinski definition) is 0. The van der Waals surface area contributed by atoms with Crippen molar-refractivity contribution >= 4 is 17.7 Å². The van der Waals surface area contributed by atoms with Crippen LogP contribution in [0.2, 0.25) is 0 Å². The normalized spacial score (nSPS) is 19.7. The highest BCUT2D eigenvalue weighted by molar-refractivity contribution is 5.93. The van der Waals surface area contributed by atoms with E-state index in [-0.39, 0.29) is 18.4 Å². The number of amides is 1. The summed E-state index contributed by atoms with van der Waals surface area (Å²) in [4.78, 5) is 25.7. The van der Waals surface area contributed by atoms with Crippen LogP contribution in [0.25, 0.3) is 6.08 Å². The summed E-state index contributed by atoms with van der Waals surface area (Å²) in [7, 11) is 0. The molecule has 1 heterocycles. The van der Waals surface area contributed by atoms with Gasteiger partial charge in [-0.15, -0.1) is 0 Å². The van der Waals surface area contributed by atoms with Crippen LogP contribution in [0, 0.1) is 10.1 Å². The van der Waals surface area contributed by atoms with Gasteiger partial charge in [-0.05, 0) is 37.8 Å². The quantitative estimate of drug-likeness (QED) is 0.456. The first kappa shape index (κ1) is 16.9. The van der Waals surface area contributed by atoms with Crippen molar-refractivity contribution in [3.8, 4) is 11.5 Å². The van der Waals surface area contributed by atoms with Gasteiger partial charge in [0, 0.05) is 18.2 Å². The number of nitro benzene ring substituents is 1. The number of nitrogens with zero attached hydrogens (tertiary/aromatic N) is 2. The molecule has 0 atom stereocenters. The average Bonchev–Trinajstić information content (AvgIpc) is 3.36. The minimum absolute atomic E-state index is 0.0497. The molecule has 0 bridgehead atoms. The number of carbonyl (C=O) groups excluding carboxylic acids is 1. The molecule has 0 spiro atoms. The molecular weight excluding hydrogens is 336 g/mol. The summed E-state index contributed by atoms with van der Waals surface area (Å²) in [5.41, 5.74) is 0.265. The largest absolute Gasteiger partial charge is 0.454 e. The highest BCUT2D eigenvalue weighted by Gasteiger charge is 2.36. The van der Waals surface area contributed by atoms with Crippen molar-refractivity contribution in [1.82, 2.24) is 4.90 Å². The number of rotatable bonds is 5. The molecule has 138 valence electrons. The van der Waals surface area contributed by atoms with Crippen LogP contribution >= 0.6 is 0 Å². The van der Waals surface area contributed by atoms with Crippen LogP contribution < -0.4 is 9.47 Å². The van der Waals surface area contributed by atoms with Crippen molar-refractivity contribution in [3.63, 3.8) is 0 Å². The molecule has 7 heteroatoms. The fourth-order valence-corrected chi connectivity index (χ4v) is 3.86. The van der Waals surface area contributed by atoms with Crippen molar-refractivity contribution < 1.29 is 19.2 Å². The van der Waals surface area contributed by atoms with Gasteiger partial charge in [0.1, 0.15) is 0 Å². The van der Waals surface area contributed by atoms with Crippen molar-refractivity contribution in [1.29, 1.82) is 0 Å². The molecular formula is C19H22N2O5. The van der Waals surface area contributed by atoms with Crippen LogP contribution in [0.4, 0.5) is 5.69 Å². The number of fused-ring (bicyclic) bond motifs is 1. The lowest BCUT2D eigenvalue weighted by Crippen LogP contribution is -2.42. The van der Waals surface area contributed by atoms with Crippen LogP contribution in [-0.4, -0.2) is 34.6 Å². The fraction of sp³-hybridized carbons (Fsp3) is 0.526. The van der Waals surface area contributed by atoms with Gasteiger partial charge in [0.25, 0.3) is 5.69 Å². The predicted molar refractivity (Wildman–Crippen MR) is 95.0 cm³/mol. The molecule has 7 nitrogen and oxygen atoms in total. The van der Waals surface area contributed by atoms with E-state index in [0.717, 1.165) is 25.7 Å². The van der Waals surface area contributed by atoms with E-state index in [1.54, 1.807) is 6.07 Å². The molecule has 0 aromatic heterocycles. The molecule has 1 aromatic rings. The third-order valence-corrected chi connectivity index (χ3v) is 5.29. The number of carbonyl (C=O) groups is 1. The smallest absolute Gasteiger partial charge is 0.280 e. The Morgan fingerprint density at radius 2 is 1.73 bits per heavy atom. The van der Waals surface area contributed by atoms with Gasteiger partial charge in [0.2, 0.25) is 12.7 Å². The van der Waals surface area contributed by atoms with Crippen LogP contribution in [0.1, 0.15) is 50.5 Å². The number of benzene rings is 1. The lowest BCUT2D eigenvalue weighted by atomic mass is 9.94. The number of ether oxygens (including phenoxy) is 2. The minimum Gasteiger partial charge on any atom is -0.454 e. The Labute approximate surface area is 151 Å². The zero-order valence-electron chi connectivity index (χ0n) is 14.6. The molecule has 26 heavy (non-hydrogen) atoms. The first-order chi connectivity index (χ1) is 12.6. The molecule has 2 saturated carbocycles. The van der Waals surface area contributed by atoms with Crippen molar-refractivity contribution in [2.75, 3.05) is 6.79 Å². The van der Waals surface area contributed by atoms with Gasteiger partial charge in [0.15, 0.2) is 11.5 Å². The SMILES string of the molecule is O=C(C=Cc1cc2c(cc1[N+](=O)[O-])OCO2)N(C1CCCCC1)C1CC1. The van der Waals surface area contributed by atoms with Crippen molar-refractivity contribution in [2.24, 2.45) is 0 Å². The standard InChI is InChI=1S/C19H22N2O5/c22-19(20(15-7-8-15)14-4-2-1-3-5-14)9-6-13-10-17-18(26-12-25-17)11-16(13)21(23)24/h6,9-11,14-15H,1-5,7-8,12H2. The van der Waals surface area contributed by atoms with E-state index in [9.17, 15) is 14.9 Å². The minimum atomic E-state index is -0.466. The maximum Gasteiger partial charge on any atom is 0.280 e. The maximum absolute atomic E-state index is 12.8. The van der Waals surface area contributed by atoms with Gasteiger partial charge in [-0.2, -0.15) is 0 Å². The van der Waals surface area contributed by atoms with E-state index in [0.29, 0.717) is 29.1 Å². The summed E-state index contributed by atoms with van der Waals surface area (Å²) < 4.78 is 10.5. The molecule has 3 aliphatic rings. The number of hydrogen-bond acceptors (Lipinski definition) is 5. The molecule has 2 aliphatic carbocycles. The topological polar surface area (TPSA) is 81.9 Å². The molecule has 0 saturated heterocycles. The van der Waals surface area contributed by atoms with E-state index in [1.165, 1.54) is 37.5 Å². The Bertz CT molecular complexity index is 751. The second-order valence-electron chi connectivity index (χ2n) is 7.12. The maximum atomic E-state index is 12.8. The highest BCUT2D eigenvalue weighted by Crippen LogP contribution is 2.39. The molecule has 1 aliphatic heterocycles. The van der Waals surface area contributed by atoms with Crippen LogP contribution in [-0.2, 0) is 4.79 Å². The van der Waals surface area contributed by atoms with Gasteiger partial charge >= 0.3 is 0 Å². The summed E-state index contributed by atoms with van der Waals surface area (Å²) in [5.74, 6) is 0.780. The Balaban J connectivity index is 1.56. The predicted octanol–water partition coefficient (Wildman–Crippen LogP) is 3.66. The highest BCUT2D eigenvalue weighted by atomic mass is 16.7. The Kier molecular flexibility index (Phi) is 4.53. The van der Waals surface area contributed by atoms with E-state index in [1.807, 2.05) is 4.90 Å². The molecule has 2 fully saturated rings. The summed E-state index contributed by atoms with van der Waals surface area (Å²) in [6.07, 6.45) is 10.8. The van der Waals surface area contributed by atoms with Gasteiger partial charge in [-0.1, -0.05) is 19.3 Å². The first-order valence-electron chi connectivity index (χ1n) is 9.22. The zero-order valence-corrected chi connectivity index (χ0v) is 14.6. The second kappa shape index (κ2) is 6.97. The van der Waals surface area contributed by atoms with Gasteiger partial charge in [-0.25, -0.2) is 0 Å². The molecule has 1 aromatic carbocycles. The van der Waals surface area contributed by atoms with E-state index in [2.05, 4.69) is 0 Å². The molecule has 4 rings (SSSR count).